The number of rotatable bonds is 7. The molecule has 140 valence electrons. The summed E-state index contributed by atoms with van der Waals surface area (Å²) in [5.41, 5.74) is 0.794. The van der Waals surface area contributed by atoms with Crippen molar-refractivity contribution in [1.29, 1.82) is 0 Å². The molecule has 1 saturated carbocycles. The summed E-state index contributed by atoms with van der Waals surface area (Å²) in [4.78, 5) is 25.9. The Hall–Kier alpha value is -2.24. The normalized spacial score (nSPS) is 15.9. The maximum absolute atomic E-state index is 12.9. The quantitative estimate of drug-likeness (QED) is 0.606. The van der Waals surface area contributed by atoms with Crippen LogP contribution in [0.3, 0.4) is 0 Å². The molecule has 1 aliphatic carbocycles. The number of nitrogens with zero attached hydrogens (tertiary/aromatic N) is 4. The van der Waals surface area contributed by atoms with Crippen LogP contribution < -0.4 is 5.56 Å². The van der Waals surface area contributed by atoms with E-state index >= 15 is 0 Å². The van der Waals surface area contributed by atoms with Gasteiger partial charge in [-0.15, -0.1) is 0 Å². The lowest BCUT2D eigenvalue weighted by atomic mass is 9.89. The summed E-state index contributed by atoms with van der Waals surface area (Å²) in [5, 5.41) is 10.6. The molecule has 3 rings (SSSR count). The Morgan fingerprint density at radius 2 is 2.00 bits per heavy atom. The van der Waals surface area contributed by atoms with Crippen molar-refractivity contribution in [3.8, 4) is 5.75 Å². The molecule has 0 bridgehead atoms. The number of aliphatic imine (C=N–C) groups is 1. The third-order valence-electron chi connectivity index (χ3n) is 5.18. The van der Waals surface area contributed by atoms with E-state index in [0.717, 1.165) is 19.3 Å². The van der Waals surface area contributed by atoms with E-state index in [0.29, 0.717) is 30.2 Å². The van der Waals surface area contributed by atoms with Crippen molar-refractivity contribution in [2.24, 2.45) is 10.9 Å². The smallest absolute Gasteiger partial charge is 0.264 e. The van der Waals surface area contributed by atoms with Crippen LogP contribution in [0.5, 0.6) is 5.75 Å². The van der Waals surface area contributed by atoms with Crippen molar-refractivity contribution >= 4 is 17.4 Å². The molecule has 0 radical (unpaired) electrons. The zero-order valence-corrected chi connectivity index (χ0v) is 15.5. The molecule has 2 aromatic rings. The first-order valence-corrected chi connectivity index (χ1v) is 9.78. The van der Waals surface area contributed by atoms with E-state index in [1.807, 2.05) is 0 Å². The molecule has 0 aromatic carbocycles. The lowest BCUT2D eigenvalue weighted by Gasteiger charge is -2.19. The fourth-order valence-corrected chi connectivity index (χ4v) is 3.67. The van der Waals surface area contributed by atoms with Gasteiger partial charge in [-0.25, -0.2) is 9.97 Å². The van der Waals surface area contributed by atoms with Crippen molar-refractivity contribution in [1.82, 2.24) is 14.5 Å². The highest BCUT2D eigenvalue weighted by molar-refractivity contribution is 5.91. The van der Waals surface area contributed by atoms with Gasteiger partial charge in [0.15, 0.2) is 11.4 Å². The van der Waals surface area contributed by atoms with E-state index in [2.05, 4.69) is 21.9 Å². The van der Waals surface area contributed by atoms with E-state index in [4.69, 9.17) is 0 Å². The van der Waals surface area contributed by atoms with Gasteiger partial charge in [-0.3, -0.25) is 14.4 Å². The molecule has 6 nitrogen and oxygen atoms in total. The standard InChI is InChI=1S/C20H28N4O2/c1-2-3-7-12-24-19-17(22-10-11-23-19)18(25)16(20(24)26)14-21-13-15-8-5-4-6-9-15/h10-11,14-15,25H,2-9,12-13H2,1H3. The predicted molar refractivity (Wildman–Crippen MR) is 104 cm³/mol. The van der Waals surface area contributed by atoms with Crippen LogP contribution in [-0.2, 0) is 6.54 Å². The molecular formula is C20H28N4O2. The molecule has 0 aliphatic heterocycles. The van der Waals surface area contributed by atoms with Crippen LogP contribution >= 0.6 is 0 Å². The number of pyridine rings is 1. The van der Waals surface area contributed by atoms with Gasteiger partial charge in [0.05, 0.1) is 0 Å². The number of fused-ring (bicyclic) bond motifs is 1. The highest BCUT2D eigenvalue weighted by Gasteiger charge is 2.17. The second-order valence-electron chi connectivity index (χ2n) is 7.15. The SMILES string of the molecule is CCCCCn1c(=O)c(C=NCC2CCCCC2)c(O)c2nccnc21. The number of unbranched alkanes of at least 4 members (excludes halogenated alkanes) is 2. The fraction of sp³-hybridized carbons (Fsp3) is 0.600. The largest absolute Gasteiger partial charge is 0.505 e. The van der Waals surface area contributed by atoms with Crippen LogP contribution in [0.2, 0.25) is 0 Å². The summed E-state index contributed by atoms with van der Waals surface area (Å²) in [6.07, 6.45) is 13.9. The number of hydrogen-bond donors (Lipinski definition) is 1. The van der Waals surface area contributed by atoms with Crippen LogP contribution in [0.25, 0.3) is 11.2 Å². The highest BCUT2D eigenvalue weighted by atomic mass is 16.3. The molecule has 1 fully saturated rings. The van der Waals surface area contributed by atoms with Crippen LogP contribution in [0.1, 0.15) is 63.9 Å². The molecule has 6 heteroatoms. The topological polar surface area (TPSA) is 80.4 Å². The molecule has 2 aromatic heterocycles. The monoisotopic (exact) mass is 356 g/mol. The maximum atomic E-state index is 12.9. The van der Waals surface area contributed by atoms with Crippen molar-refractivity contribution in [2.75, 3.05) is 6.54 Å². The zero-order chi connectivity index (χ0) is 18.4. The van der Waals surface area contributed by atoms with E-state index in [-0.39, 0.29) is 16.9 Å². The molecule has 0 saturated heterocycles. The summed E-state index contributed by atoms with van der Waals surface area (Å²) in [7, 11) is 0. The third kappa shape index (κ3) is 4.11. The van der Waals surface area contributed by atoms with E-state index in [9.17, 15) is 9.90 Å². The Labute approximate surface area is 154 Å². The number of aryl methyl sites for hydroxylation is 1. The van der Waals surface area contributed by atoms with E-state index in [1.54, 1.807) is 10.8 Å². The summed E-state index contributed by atoms with van der Waals surface area (Å²) >= 11 is 0. The molecule has 1 aliphatic rings. The van der Waals surface area contributed by atoms with Crippen LogP contribution in [0.15, 0.2) is 22.2 Å². The Morgan fingerprint density at radius 3 is 2.77 bits per heavy atom. The first-order valence-electron chi connectivity index (χ1n) is 9.78. The number of hydrogen-bond acceptors (Lipinski definition) is 5. The van der Waals surface area contributed by atoms with Crippen molar-refractivity contribution < 1.29 is 5.11 Å². The molecular weight excluding hydrogens is 328 g/mol. The van der Waals surface area contributed by atoms with Gasteiger partial charge in [0.25, 0.3) is 5.56 Å². The van der Waals surface area contributed by atoms with E-state index < -0.39 is 0 Å². The Kier molecular flexibility index (Phi) is 6.36. The average molecular weight is 356 g/mol. The molecule has 26 heavy (non-hydrogen) atoms. The van der Waals surface area contributed by atoms with Gasteiger partial charge in [0, 0.05) is 31.7 Å². The van der Waals surface area contributed by atoms with Gasteiger partial charge in [-0.2, -0.15) is 0 Å². The Balaban J connectivity index is 1.91. The van der Waals surface area contributed by atoms with Crippen LogP contribution in [0, 0.1) is 5.92 Å². The van der Waals surface area contributed by atoms with Gasteiger partial charge >= 0.3 is 0 Å². The average Bonchev–Trinajstić information content (AvgIpc) is 2.68. The fourth-order valence-electron chi connectivity index (χ4n) is 3.67. The first-order chi connectivity index (χ1) is 12.7. The first kappa shape index (κ1) is 18.5. The number of aromatic hydroxyl groups is 1. The van der Waals surface area contributed by atoms with Crippen molar-refractivity contribution in [3.05, 3.63) is 28.3 Å². The van der Waals surface area contributed by atoms with Gasteiger partial charge in [-0.05, 0) is 25.2 Å². The summed E-state index contributed by atoms with van der Waals surface area (Å²) in [5.74, 6) is 0.478. The van der Waals surface area contributed by atoms with Gasteiger partial charge in [-0.1, -0.05) is 39.0 Å². The minimum absolute atomic E-state index is 0.114. The van der Waals surface area contributed by atoms with Crippen LogP contribution in [0.4, 0.5) is 0 Å². The van der Waals surface area contributed by atoms with Gasteiger partial charge < -0.3 is 5.11 Å². The zero-order valence-electron chi connectivity index (χ0n) is 15.5. The Bertz CT molecular complexity index is 822. The second kappa shape index (κ2) is 8.92. The summed E-state index contributed by atoms with van der Waals surface area (Å²) in [6.45, 7) is 3.42. The maximum Gasteiger partial charge on any atom is 0.264 e. The summed E-state index contributed by atoms with van der Waals surface area (Å²) in [6, 6.07) is 0. The minimum atomic E-state index is -0.237. The second-order valence-corrected chi connectivity index (χ2v) is 7.15. The molecule has 0 spiro atoms. The predicted octanol–water partition coefficient (Wildman–Crippen LogP) is 3.69. The van der Waals surface area contributed by atoms with Gasteiger partial charge in [0.2, 0.25) is 0 Å². The molecule has 0 atom stereocenters. The lowest BCUT2D eigenvalue weighted by molar-refractivity contribution is 0.367. The number of aromatic nitrogens is 3. The van der Waals surface area contributed by atoms with Crippen molar-refractivity contribution in [2.45, 2.75) is 64.8 Å². The summed E-state index contributed by atoms with van der Waals surface area (Å²) < 4.78 is 1.62. The molecule has 0 unspecified atom stereocenters. The minimum Gasteiger partial charge on any atom is -0.505 e. The van der Waals surface area contributed by atoms with Crippen molar-refractivity contribution in [3.63, 3.8) is 0 Å². The van der Waals surface area contributed by atoms with Gasteiger partial charge in [0.1, 0.15) is 11.1 Å². The Morgan fingerprint density at radius 1 is 1.23 bits per heavy atom. The molecule has 0 amide bonds. The third-order valence-corrected chi connectivity index (χ3v) is 5.18. The highest BCUT2D eigenvalue weighted by Crippen LogP contribution is 2.24. The molecule has 1 N–H and O–H groups in total. The van der Waals surface area contributed by atoms with Crippen LogP contribution in [-0.4, -0.2) is 32.4 Å². The molecule has 2 heterocycles. The van der Waals surface area contributed by atoms with E-state index in [1.165, 1.54) is 44.5 Å². The lowest BCUT2D eigenvalue weighted by Crippen LogP contribution is -2.25.